The van der Waals surface area contributed by atoms with Gasteiger partial charge in [0.1, 0.15) is 0 Å². The number of benzene rings is 2. The van der Waals surface area contributed by atoms with Crippen LogP contribution in [-0.4, -0.2) is 48.2 Å². The number of ether oxygens (including phenoxy) is 3. The lowest BCUT2D eigenvalue weighted by atomic mass is 9.84. The van der Waals surface area contributed by atoms with Crippen molar-refractivity contribution in [3.63, 3.8) is 0 Å². The maximum Gasteiger partial charge on any atom is 0.231 e. The van der Waals surface area contributed by atoms with E-state index in [1.807, 2.05) is 41.3 Å². The molecule has 3 aliphatic rings. The van der Waals surface area contributed by atoms with Crippen molar-refractivity contribution in [2.24, 2.45) is 0 Å². The second kappa shape index (κ2) is 10.1. The normalized spacial score (nSPS) is 23.7. The van der Waals surface area contributed by atoms with E-state index in [4.69, 9.17) is 14.2 Å². The molecule has 7 heteroatoms. The number of piperidine rings is 1. The van der Waals surface area contributed by atoms with Gasteiger partial charge >= 0.3 is 0 Å². The first kappa shape index (κ1) is 22.7. The zero-order chi connectivity index (χ0) is 23.4. The number of carbonyl (C=O) groups is 2. The van der Waals surface area contributed by atoms with E-state index in [0.717, 1.165) is 48.4 Å². The minimum Gasteiger partial charge on any atom is -0.454 e. The van der Waals surface area contributed by atoms with Gasteiger partial charge in [-0.25, -0.2) is 0 Å². The molecule has 0 saturated carbocycles. The van der Waals surface area contributed by atoms with Gasteiger partial charge in [0.25, 0.3) is 0 Å². The third-order valence-corrected chi connectivity index (χ3v) is 7.09. The third-order valence-electron chi connectivity index (χ3n) is 7.09. The van der Waals surface area contributed by atoms with Crippen LogP contribution in [0.4, 0.5) is 0 Å². The first-order valence-electron chi connectivity index (χ1n) is 12.2. The SMILES string of the molecule is O=C1CCC(CCC(=O)N2CCCC(OCc3ccccc3)C2)(Cc2ccc3c(c2)OCO3)N1. The third kappa shape index (κ3) is 5.36. The van der Waals surface area contributed by atoms with Crippen molar-refractivity contribution in [2.75, 3.05) is 19.9 Å². The Kier molecular flexibility index (Phi) is 6.72. The fourth-order valence-electron chi connectivity index (χ4n) is 5.22. The highest BCUT2D eigenvalue weighted by Crippen LogP contribution is 2.36. The lowest BCUT2D eigenvalue weighted by Gasteiger charge is -2.34. The number of amides is 2. The minimum atomic E-state index is -0.403. The second-order valence-corrected chi connectivity index (χ2v) is 9.59. The van der Waals surface area contributed by atoms with Gasteiger partial charge in [-0.05, 0) is 55.4 Å². The summed E-state index contributed by atoms with van der Waals surface area (Å²) in [6.07, 6.45) is 4.92. The van der Waals surface area contributed by atoms with E-state index in [1.54, 1.807) is 0 Å². The van der Waals surface area contributed by atoms with Crippen molar-refractivity contribution in [3.8, 4) is 11.5 Å². The zero-order valence-corrected chi connectivity index (χ0v) is 19.5. The molecule has 2 amide bonds. The van der Waals surface area contributed by atoms with Crippen LogP contribution >= 0.6 is 0 Å². The Morgan fingerprint density at radius 1 is 1.12 bits per heavy atom. The molecule has 2 aromatic carbocycles. The van der Waals surface area contributed by atoms with Gasteiger partial charge in [0.2, 0.25) is 18.6 Å². The van der Waals surface area contributed by atoms with Crippen LogP contribution in [0, 0.1) is 0 Å². The van der Waals surface area contributed by atoms with Crippen LogP contribution in [0.3, 0.4) is 0 Å². The summed E-state index contributed by atoms with van der Waals surface area (Å²) in [7, 11) is 0. The van der Waals surface area contributed by atoms with Gasteiger partial charge in [-0.1, -0.05) is 36.4 Å². The monoisotopic (exact) mass is 464 g/mol. The Labute approximate surface area is 200 Å². The predicted molar refractivity (Wildman–Crippen MR) is 126 cm³/mol. The highest BCUT2D eigenvalue weighted by molar-refractivity contribution is 5.80. The molecule has 0 spiro atoms. The van der Waals surface area contributed by atoms with E-state index in [2.05, 4.69) is 17.4 Å². The Morgan fingerprint density at radius 2 is 1.97 bits per heavy atom. The molecule has 0 radical (unpaired) electrons. The van der Waals surface area contributed by atoms with E-state index in [-0.39, 0.29) is 24.7 Å². The number of hydrogen-bond acceptors (Lipinski definition) is 5. The molecule has 2 atom stereocenters. The first-order chi connectivity index (χ1) is 16.6. The summed E-state index contributed by atoms with van der Waals surface area (Å²) >= 11 is 0. The molecule has 3 heterocycles. The van der Waals surface area contributed by atoms with E-state index < -0.39 is 5.54 Å². The lowest BCUT2D eigenvalue weighted by Crippen LogP contribution is -2.46. The molecule has 0 aliphatic carbocycles. The van der Waals surface area contributed by atoms with Crippen molar-refractivity contribution in [1.29, 1.82) is 0 Å². The maximum atomic E-state index is 13.1. The second-order valence-electron chi connectivity index (χ2n) is 9.59. The van der Waals surface area contributed by atoms with Crippen LogP contribution in [0.5, 0.6) is 11.5 Å². The Bertz CT molecular complexity index is 1030. The quantitative estimate of drug-likeness (QED) is 0.646. The van der Waals surface area contributed by atoms with Gasteiger partial charge in [-0.15, -0.1) is 0 Å². The Hall–Kier alpha value is -3.06. The van der Waals surface area contributed by atoms with Gasteiger partial charge in [0, 0.05) is 31.5 Å². The predicted octanol–water partition coefficient (Wildman–Crippen LogP) is 3.59. The largest absolute Gasteiger partial charge is 0.454 e. The topological polar surface area (TPSA) is 77.1 Å². The van der Waals surface area contributed by atoms with E-state index in [0.29, 0.717) is 38.8 Å². The highest BCUT2D eigenvalue weighted by atomic mass is 16.7. The summed E-state index contributed by atoms with van der Waals surface area (Å²) in [5.41, 5.74) is 1.82. The molecular formula is C27H32N2O5. The number of nitrogens with one attached hydrogen (secondary N) is 1. The smallest absolute Gasteiger partial charge is 0.231 e. The van der Waals surface area contributed by atoms with Crippen molar-refractivity contribution in [3.05, 3.63) is 59.7 Å². The van der Waals surface area contributed by atoms with Crippen LogP contribution in [0.15, 0.2) is 48.5 Å². The molecule has 3 aliphatic heterocycles. The van der Waals surface area contributed by atoms with Crippen molar-refractivity contribution in [1.82, 2.24) is 10.2 Å². The summed E-state index contributed by atoms with van der Waals surface area (Å²) in [5, 5.41) is 3.18. The molecule has 1 N–H and O–H groups in total. The summed E-state index contributed by atoms with van der Waals surface area (Å²) in [4.78, 5) is 27.2. The lowest BCUT2D eigenvalue weighted by molar-refractivity contribution is -0.136. The van der Waals surface area contributed by atoms with E-state index >= 15 is 0 Å². The van der Waals surface area contributed by atoms with Crippen LogP contribution in [0.2, 0.25) is 0 Å². The molecule has 34 heavy (non-hydrogen) atoms. The van der Waals surface area contributed by atoms with Gasteiger partial charge in [-0.2, -0.15) is 0 Å². The van der Waals surface area contributed by atoms with Crippen molar-refractivity contribution < 1.29 is 23.8 Å². The van der Waals surface area contributed by atoms with Crippen LogP contribution in [0.1, 0.15) is 49.7 Å². The van der Waals surface area contributed by atoms with Crippen LogP contribution in [-0.2, 0) is 27.4 Å². The number of carbonyl (C=O) groups excluding carboxylic acids is 2. The Balaban J connectivity index is 1.17. The summed E-state index contributed by atoms with van der Waals surface area (Å²) in [6.45, 7) is 2.21. The van der Waals surface area contributed by atoms with Crippen molar-refractivity contribution >= 4 is 11.8 Å². The maximum absolute atomic E-state index is 13.1. The molecule has 0 bridgehead atoms. The van der Waals surface area contributed by atoms with Gasteiger partial charge in [0.05, 0.1) is 12.7 Å². The summed E-state index contributed by atoms with van der Waals surface area (Å²) in [5.74, 6) is 1.68. The fourth-order valence-corrected chi connectivity index (χ4v) is 5.22. The fraction of sp³-hybridized carbons (Fsp3) is 0.481. The van der Waals surface area contributed by atoms with Crippen LogP contribution < -0.4 is 14.8 Å². The highest BCUT2D eigenvalue weighted by Gasteiger charge is 2.39. The average molecular weight is 465 g/mol. The van der Waals surface area contributed by atoms with E-state index in [9.17, 15) is 9.59 Å². The Morgan fingerprint density at radius 3 is 2.79 bits per heavy atom. The molecule has 2 fully saturated rings. The molecule has 0 aromatic heterocycles. The van der Waals surface area contributed by atoms with Gasteiger partial charge in [-0.3, -0.25) is 9.59 Å². The molecule has 7 nitrogen and oxygen atoms in total. The number of likely N-dealkylation sites (tertiary alicyclic amines) is 1. The molecule has 2 saturated heterocycles. The van der Waals surface area contributed by atoms with E-state index in [1.165, 1.54) is 0 Å². The average Bonchev–Trinajstić information content (AvgIpc) is 3.48. The van der Waals surface area contributed by atoms with Gasteiger partial charge < -0.3 is 24.4 Å². The number of rotatable bonds is 8. The first-order valence-corrected chi connectivity index (χ1v) is 12.2. The molecule has 5 rings (SSSR count). The zero-order valence-electron chi connectivity index (χ0n) is 19.5. The van der Waals surface area contributed by atoms with Crippen molar-refractivity contribution in [2.45, 2.75) is 63.2 Å². The number of fused-ring (bicyclic) bond motifs is 1. The summed E-state index contributed by atoms with van der Waals surface area (Å²) < 4.78 is 17.0. The molecule has 180 valence electrons. The number of hydrogen-bond donors (Lipinski definition) is 1. The van der Waals surface area contributed by atoms with Crippen LogP contribution in [0.25, 0.3) is 0 Å². The molecule has 2 unspecified atom stereocenters. The molecule has 2 aromatic rings. The standard InChI is InChI=1S/C27H32N2O5/c30-25-10-12-27(28-25,16-21-8-9-23-24(15-21)34-19-33-23)13-11-26(31)29-14-4-7-22(17-29)32-18-20-5-2-1-3-6-20/h1-3,5-6,8-9,15,22H,4,7,10-14,16-19H2,(H,28,30). The summed E-state index contributed by atoms with van der Waals surface area (Å²) in [6, 6.07) is 16.0. The minimum absolute atomic E-state index is 0.0561. The van der Waals surface area contributed by atoms with Gasteiger partial charge in [0.15, 0.2) is 11.5 Å². The molecular weight excluding hydrogens is 432 g/mol. The number of nitrogens with zero attached hydrogens (tertiary/aromatic N) is 1.